The van der Waals surface area contributed by atoms with Crippen LogP contribution in [-0.2, 0) is 6.42 Å². The molecule has 13 heavy (non-hydrogen) atoms. The van der Waals surface area contributed by atoms with Crippen molar-refractivity contribution >= 4 is 0 Å². The lowest BCUT2D eigenvalue weighted by Crippen LogP contribution is -2.05. The highest BCUT2D eigenvalue weighted by atomic mass is 19.1. The number of pyridine rings is 1. The summed E-state index contributed by atoms with van der Waals surface area (Å²) in [7, 11) is 0. The molecule has 0 saturated carbocycles. The predicted molar refractivity (Wildman–Crippen MR) is 48.8 cm³/mol. The SMILES string of the molecule is CCC(O)CCc1cncc(F)c1. The zero-order chi connectivity index (χ0) is 9.68. The molecule has 0 saturated heterocycles. The molecular weight excluding hydrogens is 169 g/mol. The molecule has 2 nitrogen and oxygen atoms in total. The molecule has 0 aromatic carbocycles. The zero-order valence-electron chi connectivity index (χ0n) is 7.70. The molecule has 1 heterocycles. The van der Waals surface area contributed by atoms with Crippen LogP contribution in [-0.4, -0.2) is 16.2 Å². The van der Waals surface area contributed by atoms with E-state index in [0.29, 0.717) is 12.8 Å². The van der Waals surface area contributed by atoms with Gasteiger partial charge in [-0.1, -0.05) is 6.92 Å². The van der Waals surface area contributed by atoms with E-state index in [2.05, 4.69) is 4.98 Å². The van der Waals surface area contributed by atoms with E-state index in [0.717, 1.165) is 12.0 Å². The molecule has 1 rings (SSSR count). The monoisotopic (exact) mass is 183 g/mol. The highest BCUT2D eigenvalue weighted by Gasteiger charge is 2.02. The molecule has 0 fully saturated rings. The van der Waals surface area contributed by atoms with Crippen molar-refractivity contribution in [1.29, 1.82) is 0 Å². The number of halogens is 1. The molecule has 1 aromatic rings. The van der Waals surface area contributed by atoms with Crippen molar-refractivity contribution in [3.63, 3.8) is 0 Å². The van der Waals surface area contributed by atoms with Crippen LogP contribution in [0.15, 0.2) is 18.5 Å². The van der Waals surface area contributed by atoms with Crippen molar-refractivity contribution in [2.45, 2.75) is 32.3 Å². The second-order valence-electron chi connectivity index (χ2n) is 3.11. The summed E-state index contributed by atoms with van der Waals surface area (Å²) in [6.07, 6.45) is 4.61. The van der Waals surface area contributed by atoms with E-state index in [-0.39, 0.29) is 11.9 Å². The van der Waals surface area contributed by atoms with Crippen LogP contribution in [0.3, 0.4) is 0 Å². The molecular formula is C10H14FNO. The third-order valence-corrected chi connectivity index (χ3v) is 2.00. The largest absolute Gasteiger partial charge is 0.393 e. The normalized spacial score (nSPS) is 12.8. The van der Waals surface area contributed by atoms with Crippen LogP contribution in [0.1, 0.15) is 25.3 Å². The summed E-state index contributed by atoms with van der Waals surface area (Å²) in [6.45, 7) is 1.93. The maximum atomic E-state index is 12.6. The number of hydrogen-bond donors (Lipinski definition) is 1. The zero-order valence-corrected chi connectivity index (χ0v) is 7.70. The second-order valence-corrected chi connectivity index (χ2v) is 3.11. The number of rotatable bonds is 4. The Labute approximate surface area is 77.4 Å². The average molecular weight is 183 g/mol. The van der Waals surface area contributed by atoms with Gasteiger partial charge in [-0.25, -0.2) is 4.39 Å². The number of aryl methyl sites for hydroxylation is 1. The third kappa shape index (κ3) is 3.51. The minimum atomic E-state index is -0.316. The molecule has 0 bridgehead atoms. The van der Waals surface area contributed by atoms with Crippen molar-refractivity contribution in [3.05, 3.63) is 29.8 Å². The van der Waals surface area contributed by atoms with E-state index in [1.54, 1.807) is 6.20 Å². The van der Waals surface area contributed by atoms with E-state index in [1.807, 2.05) is 6.92 Å². The van der Waals surface area contributed by atoms with Gasteiger partial charge in [-0.15, -0.1) is 0 Å². The van der Waals surface area contributed by atoms with Gasteiger partial charge in [0, 0.05) is 6.20 Å². The van der Waals surface area contributed by atoms with Gasteiger partial charge in [-0.05, 0) is 30.9 Å². The van der Waals surface area contributed by atoms with Gasteiger partial charge in [0.05, 0.1) is 12.3 Å². The summed E-state index contributed by atoms with van der Waals surface area (Å²) in [5, 5.41) is 9.27. The van der Waals surface area contributed by atoms with E-state index < -0.39 is 0 Å². The number of aliphatic hydroxyl groups excluding tert-OH is 1. The van der Waals surface area contributed by atoms with Gasteiger partial charge in [0.25, 0.3) is 0 Å². The smallest absolute Gasteiger partial charge is 0.141 e. The molecule has 3 heteroatoms. The van der Waals surface area contributed by atoms with Crippen LogP contribution < -0.4 is 0 Å². The minimum Gasteiger partial charge on any atom is -0.393 e. The standard InChI is InChI=1S/C10H14FNO/c1-2-10(13)4-3-8-5-9(11)7-12-6-8/h5-7,10,13H,2-4H2,1H3. The molecule has 0 radical (unpaired) electrons. The molecule has 72 valence electrons. The lowest BCUT2D eigenvalue weighted by molar-refractivity contribution is 0.160. The van der Waals surface area contributed by atoms with E-state index in [4.69, 9.17) is 0 Å². The molecule has 1 unspecified atom stereocenters. The first kappa shape index (κ1) is 10.1. The van der Waals surface area contributed by atoms with Gasteiger partial charge in [0.15, 0.2) is 0 Å². The van der Waals surface area contributed by atoms with Crippen LogP contribution >= 0.6 is 0 Å². The Morgan fingerprint density at radius 3 is 2.92 bits per heavy atom. The molecule has 1 N–H and O–H groups in total. The third-order valence-electron chi connectivity index (χ3n) is 2.00. The fraction of sp³-hybridized carbons (Fsp3) is 0.500. The van der Waals surface area contributed by atoms with Crippen molar-refractivity contribution in [1.82, 2.24) is 4.98 Å². The fourth-order valence-corrected chi connectivity index (χ4v) is 1.13. The Kier molecular flexibility index (Phi) is 3.83. The summed E-state index contributed by atoms with van der Waals surface area (Å²) < 4.78 is 12.6. The Morgan fingerprint density at radius 2 is 2.31 bits per heavy atom. The Morgan fingerprint density at radius 1 is 1.54 bits per heavy atom. The van der Waals surface area contributed by atoms with Crippen molar-refractivity contribution in [3.8, 4) is 0 Å². The summed E-state index contributed by atoms with van der Waals surface area (Å²) in [4.78, 5) is 3.73. The van der Waals surface area contributed by atoms with Crippen LogP contribution in [0.4, 0.5) is 4.39 Å². The molecule has 1 atom stereocenters. The molecule has 0 aliphatic heterocycles. The van der Waals surface area contributed by atoms with Crippen molar-refractivity contribution in [2.75, 3.05) is 0 Å². The second kappa shape index (κ2) is 4.92. The first-order valence-corrected chi connectivity index (χ1v) is 4.50. The summed E-state index contributed by atoms with van der Waals surface area (Å²) >= 11 is 0. The van der Waals surface area contributed by atoms with Gasteiger partial charge in [-0.2, -0.15) is 0 Å². The van der Waals surface area contributed by atoms with Gasteiger partial charge < -0.3 is 5.11 Å². The van der Waals surface area contributed by atoms with Crippen LogP contribution in [0.5, 0.6) is 0 Å². The Hall–Kier alpha value is -0.960. The predicted octanol–water partition coefficient (Wildman–Crippen LogP) is 1.92. The van der Waals surface area contributed by atoms with Crippen LogP contribution in [0.2, 0.25) is 0 Å². The molecule has 0 amide bonds. The summed E-state index contributed by atoms with van der Waals surface area (Å²) in [5.74, 6) is -0.316. The van der Waals surface area contributed by atoms with E-state index in [1.165, 1.54) is 12.3 Å². The number of hydrogen-bond acceptors (Lipinski definition) is 2. The molecule has 0 aliphatic carbocycles. The first-order valence-electron chi connectivity index (χ1n) is 4.50. The minimum absolute atomic E-state index is 0.289. The lowest BCUT2D eigenvalue weighted by Gasteiger charge is -2.06. The number of nitrogens with zero attached hydrogens (tertiary/aromatic N) is 1. The van der Waals surface area contributed by atoms with E-state index in [9.17, 15) is 9.50 Å². The number of aliphatic hydroxyl groups is 1. The average Bonchev–Trinajstić information content (AvgIpc) is 2.14. The van der Waals surface area contributed by atoms with Gasteiger partial charge in [-0.3, -0.25) is 4.98 Å². The topological polar surface area (TPSA) is 33.1 Å². The maximum Gasteiger partial charge on any atom is 0.141 e. The van der Waals surface area contributed by atoms with Crippen LogP contribution in [0.25, 0.3) is 0 Å². The van der Waals surface area contributed by atoms with E-state index >= 15 is 0 Å². The number of aromatic nitrogens is 1. The quantitative estimate of drug-likeness (QED) is 0.773. The van der Waals surface area contributed by atoms with Gasteiger partial charge >= 0.3 is 0 Å². The maximum absolute atomic E-state index is 12.6. The highest BCUT2D eigenvalue weighted by molar-refractivity contribution is 5.10. The summed E-state index contributed by atoms with van der Waals surface area (Å²) in [5.41, 5.74) is 0.840. The molecule has 0 aliphatic rings. The Balaban J connectivity index is 2.45. The molecule has 1 aromatic heterocycles. The van der Waals surface area contributed by atoms with Gasteiger partial charge in [0.1, 0.15) is 5.82 Å². The lowest BCUT2D eigenvalue weighted by atomic mass is 10.1. The Bertz CT molecular complexity index is 265. The summed E-state index contributed by atoms with van der Waals surface area (Å²) in [6, 6.07) is 1.45. The fourth-order valence-electron chi connectivity index (χ4n) is 1.13. The molecule has 0 spiro atoms. The van der Waals surface area contributed by atoms with Gasteiger partial charge in [0.2, 0.25) is 0 Å². The first-order chi connectivity index (χ1) is 6.22. The van der Waals surface area contributed by atoms with Crippen molar-refractivity contribution in [2.24, 2.45) is 0 Å². The van der Waals surface area contributed by atoms with Crippen LogP contribution in [0, 0.1) is 5.82 Å². The highest BCUT2D eigenvalue weighted by Crippen LogP contribution is 2.07. The van der Waals surface area contributed by atoms with Crippen molar-refractivity contribution < 1.29 is 9.50 Å².